The SMILES string of the molecule is NC(=O)c1nc(C#Cc2cccs2)n(COCCCO)n1. The van der Waals surface area contributed by atoms with Crippen LogP contribution >= 0.6 is 11.3 Å². The molecule has 21 heavy (non-hydrogen) atoms. The number of rotatable bonds is 6. The molecule has 0 atom stereocenters. The molecule has 0 aromatic carbocycles. The van der Waals surface area contributed by atoms with Crippen LogP contribution in [0.4, 0.5) is 0 Å². The van der Waals surface area contributed by atoms with Gasteiger partial charge >= 0.3 is 0 Å². The highest BCUT2D eigenvalue weighted by Crippen LogP contribution is 2.06. The average Bonchev–Trinajstić information content (AvgIpc) is 3.11. The summed E-state index contributed by atoms with van der Waals surface area (Å²) >= 11 is 1.50. The molecule has 0 saturated carbocycles. The molecule has 0 fully saturated rings. The van der Waals surface area contributed by atoms with Crippen LogP contribution in [-0.4, -0.2) is 39.0 Å². The lowest BCUT2D eigenvalue weighted by molar-refractivity contribution is 0.0575. The Bertz CT molecular complexity index is 655. The van der Waals surface area contributed by atoms with Crippen LogP contribution in [0.5, 0.6) is 0 Å². The number of hydrogen-bond acceptors (Lipinski definition) is 6. The quantitative estimate of drug-likeness (QED) is 0.586. The first-order valence-corrected chi connectivity index (χ1v) is 7.07. The van der Waals surface area contributed by atoms with Gasteiger partial charge in [0.15, 0.2) is 0 Å². The number of carbonyl (C=O) groups excluding carboxylic acids is 1. The van der Waals surface area contributed by atoms with Crippen LogP contribution in [0.2, 0.25) is 0 Å². The molecule has 2 rings (SSSR count). The van der Waals surface area contributed by atoms with E-state index in [1.165, 1.54) is 16.0 Å². The summed E-state index contributed by atoms with van der Waals surface area (Å²) in [6.45, 7) is 0.518. The van der Waals surface area contributed by atoms with Crippen molar-refractivity contribution < 1.29 is 14.6 Å². The van der Waals surface area contributed by atoms with Gasteiger partial charge < -0.3 is 15.6 Å². The Morgan fingerprint density at radius 1 is 1.52 bits per heavy atom. The number of aliphatic hydroxyl groups excluding tert-OH is 1. The number of primary amides is 1. The van der Waals surface area contributed by atoms with E-state index in [1.54, 1.807) is 0 Å². The standard InChI is InChI=1S/C13H14N4O3S/c14-12(19)13-15-11(5-4-10-3-1-8-21-10)17(16-13)9-20-7-2-6-18/h1,3,8,18H,2,6-7,9H2,(H2,14,19). The lowest BCUT2D eigenvalue weighted by Gasteiger charge is -2.03. The van der Waals surface area contributed by atoms with Crippen molar-refractivity contribution in [3.05, 3.63) is 34.0 Å². The summed E-state index contributed by atoms with van der Waals surface area (Å²) < 4.78 is 6.69. The molecule has 3 N–H and O–H groups in total. The highest BCUT2D eigenvalue weighted by Gasteiger charge is 2.12. The van der Waals surface area contributed by atoms with Gasteiger partial charge in [0, 0.05) is 6.61 Å². The van der Waals surface area contributed by atoms with Gasteiger partial charge in [-0.15, -0.1) is 16.4 Å². The molecule has 8 heteroatoms. The molecule has 2 heterocycles. The van der Waals surface area contributed by atoms with E-state index in [1.807, 2.05) is 17.5 Å². The molecular formula is C13H14N4O3S. The van der Waals surface area contributed by atoms with Crippen LogP contribution < -0.4 is 5.73 Å². The lowest BCUT2D eigenvalue weighted by Crippen LogP contribution is -2.14. The maximum Gasteiger partial charge on any atom is 0.288 e. The Hall–Kier alpha value is -2.21. The number of carbonyl (C=O) groups is 1. The number of thiophene rings is 1. The third-order valence-corrected chi connectivity index (χ3v) is 3.16. The largest absolute Gasteiger partial charge is 0.396 e. The predicted octanol–water partition coefficient (Wildman–Crippen LogP) is 0.195. The van der Waals surface area contributed by atoms with Crippen LogP contribution in [-0.2, 0) is 11.5 Å². The maximum absolute atomic E-state index is 11.1. The number of nitrogens with zero attached hydrogens (tertiary/aromatic N) is 3. The molecule has 0 radical (unpaired) electrons. The zero-order chi connectivity index (χ0) is 15.1. The van der Waals surface area contributed by atoms with Gasteiger partial charge in [-0.2, -0.15) is 4.98 Å². The van der Waals surface area contributed by atoms with Crippen molar-refractivity contribution in [3.63, 3.8) is 0 Å². The van der Waals surface area contributed by atoms with E-state index in [-0.39, 0.29) is 19.2 Å². The van der Waals surface area contributed by atoms with Gasteiger partial charge in [-0.25, -0.2) is 4.68 Å². The van der Waals surface area contributed by atoms with Crippen molar-refractivity contribution in [2.24, 2.45) is 5.73 Å². The second-order valence-electron chi connectivity index (χ2n) is 3.96. The fraction of sp³-hybridized carbons (Fsp3) is 0.308. The van der Waals surface area contributed by atoms with Crippen LogP contribution in [0.1, 0.15) is 27.7 Å². The molecule has 0 aliphatic heterocycles. The summed E-state index contributed by atoms with van der Waals surface area (Å²) in [5, 5.41) is 14.6. The van der Waals surface area contributed by atoms with Crippen LogP contribution in [0.15, 0.2) is 17.5 Å². The summed E-state index contributed by atoms with van der Waals surface area (Å²) in [6.07, 6.45) is 0.521. The van der Waals surface area contributed by atoms with Crippen LogP contribution in [0.3, 0.4) is 0 Å². The first-order valence-electron chi connectivity index (χ1n) is 6.19. The van der Waals surface area contributed by atoms with E-state index < -0.39 is 5.91 Å². The Balaban J connectivity index is 2.15. The van der Waals surface area contributed by atoms with E-state index in [2.05, 4.69) is 21.9 Å². The van der Waals surface area contributed by atoms with Crippen LogP contribution in [0.25, 0.3) is 0 Å². The predicted molar refractivity (Wildman–Crippen MR) is 76.5 cm³/mol. The fourth-order valence-electron chi connectivity index (χ4n) is 1.41. The van der Waals surface area contributed by atoms with E-state index in [9.17, 15) is 4.79 Å². The summed E-state index contributed by atoms with van der Waals surface area (Å²) in [7, 11) is 0. The van der Waals surface area contributed by atoms with Gasteiger partial charge in [-0.1, -0.05) is 6.07 Å². The highest BCUT2D eigenvalue weighted by molar-refractivity contribution is 7.10. The molecule has 2 aromatic heterocycles. The first kappa shape index (κ1) is 15.2. The molecule has 0 spiro atoms. The maximum atomic E-state index is 11.1. The van der Waals surface area contributed by atoms with Crippen molar-refractivity contribution in [1.82, 2.24) is 14.8 Å². The second kappa shape index (κ2) is 7.54. The number of nitrogens with two attached hydrogens (primary N) is 1. The number of ether oxygens (including phenoxy) is 1. The van der Waals surface area contributed by atoms with Crippen molar-refractivity contribution in [1.29, 1.82) is 0 Å². The van der Waals surface area contributed by atoms with E-state index >= 15 is 0 Å². The van der Waals surface area contributed by atoms with Gasteiger partial charge in [-0.05, 0) is 29.7 Å². The summed E-state index contributed by atoms with van der Waals surface area (Å²) in [5.74, 6) is 5.26. The Labute approximate surface area is 125 Å². The minimum Gasteiger partial charge on any atom is -0.396 e. The van der Waals surface area contributed by atoms with E-state index in [0.29, 0.717) is 18.9 Å². The Morgan fingerprint density at radius 3 is 3.05 bits per heavy atom. The molecule has 0 bridgehead atoms. The molecule has 1 amide bonds. The van der Waals surface area contributed by atoms with Gasteiger partial charge in [0.25, 0.3) is 5.91 Å². The van der Waals surface area contributed by atoms with E-state index in [0.717, 1.165) is 4.88 Å². The summed E-state index contributed by atoms with van der Waals surface area (Å²) in [4.78, 5) is 16.0. The highest BCUT2D eigenvalue weighted by atomic mass is 32.1. The number of aliphatic hydroxyl groups is 1. The molecule has 7 nitrogen and oxygen atoms in total. The fourth-order valence-corrected chi connectivity index (χ4v) is 1.98. The summed E-state index contributed by atoms with van der Waals surface area (Å²) in [5.41, 5.74) is 5.17. The van der Waals surface area contributed by atoms with Gasteiger partial charge in [0.1, 0.15) is 6.73 Å². The Morgan fingerprint density at radius 2 is 2.38 bits per heavy atom. The number of aromatic nitrogens is 3. The first-order chi connectivity index (χ1) is 10.2. The third kappa shape index (κ3) is 4.39. The third-order valence-electron chi connectivity index (χ3n) is 2.37. The second-order valence-corrected chi connectivity index (χ2v) is 4.91. The monoisotopic (exact) mass is 306 g/mol. The number of amides is 1. The molecular weight excluding hydrogens is 292 g/mol. The normalized spacial score (nSPS) is 10.1. The van der Waals surface area contributed by atoms with Crippen molar-refractivity contribution in [2.45, 2.75) is 13.2 Å². The average molecular weight is 306 g/mol. The van der Waals surface area contributed by atoms with Crippen LogP contribution in [0, 0.1) is 11.8 Å². The molecule has 0 aliphatic rings. The summed E-state index contributed by atoms with van der Waals surface area (Å²) in [6, 6.07) is 3.78. The van der Waals surface area contributed by atoms with E-state index in [4.69, 9.17) is 15.6 Å². The molecule has 0 saturated heterocycles. The van der Waals surface area contributed by atoms with Gasteiger partial charge in [0.2, 0.25) is 11.6 Å². The number of hydrogen-bond donors (Lipinski definition) is 2. The van der Waals surface area contributed by atoms with Crippen molar-refractivity contribution in [3.8, 4) is 11.8 Å². The molecule has 110 valence electrons. The molecule has 0 unspecified atom stereocenters. The molecule has 0 aliphatic carbocycles. The van der Waals surface area contributed by atoms with Crippen molar-refractivity contribution in [2.75, 3.05) is 13.2 Å². The smallest absolute Gasteiger partial charge is 0.288 e. The topological polar surface area (TPSA) is 103 Å². The molecule has 2 aromatic rings. The van der Waals surface area contributed by atoms with Crippen molar-refractivity contribution >= 4 is 17.2 Å². The zero-order valence-corrected chi connectivity index (χ0v) is 12.0. The van der Waals surface area contributed by atoms with Gasteiger partial charge in [0.05, 0.1) is 11.5 Å². The minimum absolute atomic E-state index is 0.0505. The lowest BCUT2D eigenvalue weighted by atomic mass is 10.4. The minimum atomic E-state index is -0.719. The Kier molecular flexibility index (Phi) is 5.45. The zero-order valence-electron chi connectivity index (χ0n) is 11.2. The van der Waals surface area contributed by atoms with Gasteiger partial charge in [-0.3, -0.25) is 4.79 Å².